The van der Waals surface area contributed by atoms with Crippen LogP contribution in [-0.2, 0) is 14.3 Å². The molecule has 6 rings (SSSR count). The van der Waals surface area contributed by atoms with Crippen LogP contribution in [0.4, 0.5) is 11.9 Å². The van der Waals surface area contributed by atoms with Crippen molar-refractivity contribution in [1.82, 2.24) is 44.5 Å². The summed E-state index contributed by atoms with van der Waals surface area (Å²) in [5.41, 5.74) is 13.3. The number of rotatable bonds is 7. The molecule has 4 aromatic rings. The molecule has 19 nitrogen and oxygen atoms in total. The van der Waals surface area contributed by atoms with Gasteiger partial charge in [0.15, 0.2) is 28.6 Å². The molecule has 2 saturated heterocycles. The van der Waals surface area contributed by atoms with Crippen molar-refractivity contribution >= 4 is 34.2 Å². The first-order valence-corrected chi connectivity index (χ1v) is 11.9. The highest BCUT2D eigenvalue weighted by Crippen LogP contribution is 2.33. The molecule has 0 aromatic carbocycles. The number of nitrogens with zero attached hydrogens (tertiary/aromatic N) is 6. The first kappa shape index (κ1) is 25.3. The number of nitrogens with one attached hydrogen (secondary N) is 3. The molecule has 10 N–H and O–H groups in total. The van der Waals surface area contributed by atoms with Gasteiger partial charge in [-0.25, -0.2) is 9.97 Å². The summed E-state index contributed by atoms with van der Waals surface area (Å²) in [5, 5.41) is 31.3. The molecule has 0 radical (unpaired) electrons. The zero-order chi connectivity index (χ0) is 27.4. The first-order valence-electron chi connectivity index (χ1n) is 11.9. The fraction of sp³-hybridized carbons (Fsp3) is 0.500. The van der Waals surface area contributed by atoms with E-state index in [1.54, 1.807) is 0 Å². The maximum absolute atomic E-state index is 12.1. The third-order valence-electron chi connectivity index (χ3n) is 6.68. The summed E-state index contributed by atoms with van der Waals surface area (Å²) < 4.78 is 14.5. The number of anilines is 2. The van der Waals surface area contributed by atoms with Crippen LogP contribution in [0.5, 0.6) is 0 Å². The summed E-state index contributed by atoms with van der Waals surface area (Å²) in [7, 11) is 0. The van der Waals surface area contributed by atoms with Gasteiger partial charge in [0, 0.05) is 13.0 Å². The SMILES string of the molecule is Nc1nc2c(ncn2[C@@H]2O[C@H](CO)[C@@H](ONC[C@H]3O[C@@H](n4cnc5c(=O)[nH]c(N)nc54)C[C@@H]3O)[C@@H]2O)c(=O)[nH]1. The predicted octanol–water partition coefficient (Wildman–Crippen LogP) is -3.79. The molecular formula is C20H25N11O8. The van der Waals surface area contributed by atoms with Crippen LogP contribution >= 0.6 is 0 Å². The number of imidazole rings is 2. The number of ether oxygens (including phenoxy) is 2. The van der Waals surface area contributed by atoms with Gasteiger partial charge in [-0.15, -0.1) is 0 Å². The lowest BCUT2D eigenvalue weighted by Gasteiger charge is -2.22. The normalized spacial score (nSPS) is 29.2. The molecule has 2 aliphatic heterocycles. The molecule has 208 valence electrons. The second kappa shape index (κ2) is 9.64. The highest BCUT2D eigenvalue weighted by molar-refractivity contribution is 5.71. The van der Waals surface area contributed by atoms with Gasteiger partial charge < -0.3 is 36.3 Å². The summed E-state index contributed by atoms with van der Waals surface area (Å²) in [5.74, 6) is -0.221. The molecule has 2 aliphatic rings. The Morgan fingerprint density at radius 2 is 1.62 bits per heavy atom. The topological polar surface area (TPSA) is 280 Å². The number of aromatic nitrogens is 8. The van der Waals surface area contributed by atoms with Gasteiger partial charge in [-0.1, -0.05) is 0 Å². The molecule has 2 fully saturated rings. The number of aromatic amines is 2. The maximum atomic E-state index is 12.1. The molecule has 0 saturated carbocycles. The summed E-state index contributed by atoms with van der Waals surface area (Å²) in [6.07, 6.45) is -3.94. The summed E-state index contributed by atoms with van der Waals surface area (Å²) in [6.45, 7) is -0.496. The van der Waals surface area contributed by atoms with Gasteiger partial charge in [0.1, 0.15) is 30.6 Å². The van der Waals surface area contributed by atoms with Crippen molar-refractivity contribution in [3.63, 3.8) is 0 Å². The first-order chi connectivity index (χ1) is 18.7. The highest BCUT2D eigenvalue weighted by Gasteiger charge is 2.46. The van der Waals surface area contributed by atoms with E-state index in [9.17, 15) is 24.9 Å². The van der Waals surface area contributed by atoms with Crippen molar-refractivity contribution < 1.29 is 29.6 Å². The largest absolute Gasteiger partial charge is 0.394 e. The quantitative estimate of drug-likeness (QED) is 0.103. The van der Waals surface area contributed by atoms with Crippen molar-refractivity contribution in [1.29, 1.82) is 0 Å². The third-order valence-corrected chi connectivity index (χ3v) is 6.68. The Morgan fingerprint density at radius 3 is 2.26 bits per heavy atom. The molecule has 0 amide bonds. The molecule has 0 spiro atoms. The van der Waals surface area contributed by atoms with Crippen LogP contribution in [0.1, 0.15) is 18.9 Å². The molecule has 7 atom stereocenters. The second-order valence-corrected chi connectivity index (χ2v) is 9.15. The van der Waals surface area contributed by atoms with Gasteiger partial charge >= 0.3 is 0 Å². The molecule has 19 heteroatoms. The number of hydrogen-bond donors (Lipinski definition) is 8. The minimum absolute atomic E-state index is 0.00173. The minimum atomic E-state index is -1.32. The van der Waals surface area contributed by atoms with E-state index in [1.807, 2.05) is 0 Å². The fourth-order valence-electron chi connectivity index (χ4n) is 4.82. The average molecular weight is 547 g/mol. The standard InChI is InChI=1S/C20H25N11O8/c21-19-26-14-10(16(35)28-19)23-4-30(14)9-1-6(33)7(37-9)2-25-39-13-8(3-32)38-18(12(13)34)31-5-24-11-15(31)27-20(22)29-17(11)36/h4-9,12-13,18,25,32-34H,1-3H2,(H3,21,26,28,35)(H3,22,27,29,36)/t6-,7+,8+,9+,12-,13+,18+/m0/s1. The Hall–Kier alpha value is -3.98. The van der Waals surface area contributed by atoms with E-state index in [0.717, 1.165) is 0 Å². The van der Waals surface area contributed by atoms with Crippen LogP contribution in [0.15, 0.2) is 22.2 Å². The minimum Gasteiger partial charge on any atom is -0.394 e. The molecule has 4 aromatic heterocycles. The van der Waals surface area contributed by atoms with Gasteiger partial charge in [0.25, 0.3) is 11.1 Å². The van der Waals surface area contributed by atoms with Crippen LogP contribution in [0.25, 0.3) is 22.3 Å². The van der Waals surface area contributed by atoms with E-state index in [2.05, 4.69) is 35.4 Å². The Morgan fingerprint density at radius 1 is 1.00 bits per heavy atom. The Balaban J connectivity index is 1.12. The van der Waals surface area contributed by atoms with Gasteiger partial charge in [0.2, 0.25) is 11.9 Å². The Kier molecular flexibility index (Phi) is 6.26. The summed E-state index contributed by atoms with van der Waals surface area (Å²) in [6, 6.07) is 0. The molecule has 39 heavy (non-hydrogen) atoms. The Labute approximate surface area is 216 Å². The van der Waals surface area contributed by atoms with E-state index in [0.29, 0.717) is 0 Å². The zero-order valence-corrected chi connectivity index (χ0v) is 20.0. The monoisotopic (exact) mass is 547 g/mol. The van der Waals surface area contributed by atoms with Crippen LogP contribution in [-0.4, -0.2) is 98.0 Å². The van der Waals surface area contributed by atoms with Crippen molar-refractivity contribution in [3.8, 4) is 0 Å². The second-order valence-electron chi connectivity index (χ2n) is 9.15. The molecule has 0 bridgehead atoms. The lowest BCUT2D eigenvalue weighted by molar-refractivity contribution is -0.115. The van der Waals surface area contributed by atoms with Crippen LogP contribution in [0, 0.1) is 0 Å². The van der Waals surface area contributed by atoms with Gasteiger partial charge in [-0.3, -0.25) is 33.5 Å². The molecule has 0 aliphatic carbocycles. The highest BCUT2D eigenvalue weighted by atomic mass is 16.7. The molecule has 0 unspecified atom stereocenters. The van der Waals surface area contributed by atoms with Crippen molar-refractivity contribution in [2.75, 3.05) is 24.6 Å². The summed E-state index contributed by atoms with van der Waals surface area (Å²) in [4.78, 5) is 50.7. The van der Waals surface area contributed by atoms with E-state index >= 15 is 0 Å². The number of aliphatic hydroxyl groups is 3. The van der Waals surface area contributed by atoms with Crippen LogP contribution < -0.4 is 28.1 Å². The number of hydroxylamine groups is 1. The van der Waals surface area contributed by atoms with Crippen LogP contribution in [0.3, 0.4) is 0 Å². The third kappa shape index (κ3) is 4.30. The smallest absolute Gasteiger partial charge is 0.280 e. The number of nitrogen functional groups attached to an aromatic ring is 2. The van der Waals surface area contributed by atoms with Crippen LogP contribution in [0.2, 0.25) is 0 Å². The van der Waals surface area contributed by atoms with E-state index in [4.69, 9.17) is 25.8 Å². The number of aliphatic hydroxyl groups excluding tert-OH is 3. The number of hydrogen-bond acceptors (Lipinski definition) is 15. The summed E-state index contributed by atoms with van der Waals surface area (Å²) >= 11 is 0. The zero-order valence-electron chi connectivity index (χ0n) is 20.0. The van der Waals surface area contributed by atoms with Crippen molar-refractivity contribution in [2.45, 2.75) is 49.4 Å². The van der Waals surface area contributed by atoms with E-state index in [-0.39, 0.29) is 47.2 Å². The van der Waals surface area contributed by atoms with Gasteiger partial charge in [0.05, 0.1) is 25.4 Å². The van der Waals surface area contributed by atoms with E-state index in [1.165, 1.54) is 21.8 Å². The van der Waals surface area contributed by atoms with Gasteiger partial charge in [-0.2, -0.15) is 15.4 Å². The van der Waals surface area contributed by atoms with E-state index < -0.39 is 60.7 Å². The maximum Gasteiger partial charge on any atom is 0.280 e. The van der Waals surface area contributed by atoms with Gasteiger partial charge in [-0.05, 0) is 0 Å². The number of nitrogens with two attached hydrogens (primary N) is 2. The van der Waals surface area contributed by atoms with Crippen molar-refractivity contribution in [3.05, 3.63) is 33.4 Å². The molecular weight excluding hydrogens is 522 g/mol. The van der Waals surface area contributed by atoms with Crippen molar-refractivity contribution in [2.24, 2.45) is 0 Å². The number of fused-ring (bicyclic) bond motifs is 2. The fourth-order valence-corrected chi connectivity index (χ4v) is 4.82. The molecule has 6 heterocycles. The lowest BCUT2D eigenvalue weighted by atomic mass is 10.1. The predicted molar refractivity (Wildman–Crippen MR) is 130 cm³/mol. The lowest BCUT2D eigenvalue weighted by Crippen LogP contribution is -2.43. The average Bonchev–Trinajstić information content (AvgIpc) is 3.65. The Bertz CT molecular complexity index is 1630. The number of H-pyrrole nitrogens is 2.